The van der Waals surface area contributed by atoms with Gasteiger partial charge in [0.2, 0.25) is 5.91 Å². The lowest BCUT2D eigenvalue weighted by molar-refractivity contribution is -0.121. The Hall–Kier alpha value is -1.29. The van der Waals surface area contributed by atoms with Crippen LogP contribution in [-0.2, 0) is 4.79 Å². The highest BCUT2D eigenvalue weighted by molar-refractivity contribution is 8.01. The van der Waals surface area contributed by atoms with E-state index in [1.807, 2.05) is 38.1 Å². The second-order valence-electron chi connectivity index (χ2n) is 5.12. The van der Waals surface area contributed by atoms with Crippen LogP contribution in [0.4, 0.5) is 5.69 Å². The molecule has 1 unspecified atom stereocenters. The van der Waals surface area contributed by atoms with E-state index in [2.05, 4.69) is 10.3 Å². The first kappa shape index (κ1) is 10.8. The number of piperidine rings is 1. The Morgan fingerprint density at radius 1 is 1.41 bits per heavy atom. The van der Waals surface area contributed by atoms with Gasteiger partial charge < -0.3 is 5.32 Å². The zero-order chi connectivity index (χ0) is 12.0. The molecule has 1 fully saturated rings. The average Bonchev–Trinajstić information content (AvgIpc) is 2.25. The standard InChI is InChI=1S/C13H14N2OS/c1-13(2)7-9-11(12(16)15-13)17-10-6-4-3-5-8(10)14-9/h3-6,11H,7H2,1-2H3,(H,15,16). The molecule has 1 aromatic rings. The minimum absolute atomic E-state index is 0.0829. The summed E-state index contributed by atoms with van der Waals surface area (Å²) in [6, 6.07) is 7.99. The Kier molecular flexibility index (Phi) is 2.30. The van der Waals surface area contributed by atoms with Gasteiger partial charge in [0.05, 0.1) is 5.69 Å². The molecule has 1 amide bonds. The minimum atomic E-state index is -0.181. The van der Waals surface area contributed by atoms with Gasteiger partial charge in [0, 0.05) is 22.6 Å². The minimum Gasteiger partial charge on any atom is -0.350 e. The number of fused-ring (bicyclic) bond motifs is 2. The number of hydrogen-bond acceptors (Lipinski definition) is 3. The normalized spacial score (nSPS) is 25.4. The summed E-state index contributed by atoms with van der Waals surface area (Å²) in [5, 5.41) is 2.90. The summed E-state index contributed by atoms with van der Waals surface area (Å²) in [6.07, 6.45) is 0.824. The molecule has 0 radical (unpaired) electrons. The first-order valence-electron chi connectivity index (χ1n) is 5.70. The molecule has 1 N–H and O–H groups in total. The maximum atomic E-state index is 12.0. The van der Waals surface area contributed by atoms with E-state index < -0.39 is 0 Å². The van der Waals surface area contributed by atoms with Crippen LogP contribution in [0.1, 0.15) is 20.3 Å². The van der Waals surface area contributed by atoms with Gasteiger partial charge in [-0.1, -0.05) is 12.1 Å². The fourth-order valence-electron chi connectivity index (χ4n) is 2.29. The lowest BCUT2D eigenvalue weighted by atomic mass is 9.90. The second kappa shape index (κ2) is 3.60. The van der Waals surface area contributed by atoms with Crippen LogP contribution >= 0.6 is 11.8 Å². The van der Waals surface area contributed by atoms with Crippen molar-refractivity contribution in [1.82, 2.24) is 5.32 Å². The maximum Gasteiger partial charge on any atom is 0.239 e. The molecule has 1 saturated heterocycles. The number of nitrogens with one attached hydrogen (secondary N) is 1. The zero-order valence-electron chi connectivity index (χ0n) is 9.86. The van der Waals surface area contributed by atoms with Gasteiger partial charge >= 0.3 is 0 Å². The van der Waals surface area contributed by atoms with E-state index in [0.717, 1.165) is 22.7 Å². The third-order valence-corrected chi connectivity index (χ3v) is 4.32. The van der Waals surface area contributed by atoms with Crippen LogP contribution in [0.25, 0.3) is 0 Å². The lowest BCUT2D eigenvalue weighted by Gasteiger charge is -2.37. The Bertz CT molecular complexity index is 522. The van der Waals surface area contributed by atoms with Gasteiger partial charge in [0.1, 0.15) is 5.25 Å². The monoisotopic (exact) mass is 246 g/mol. The van der Waals surface area contributed by atoms with E-state index in [1.165, 1.54) is 0 Å². The number of aliphatic imine (C=N–C) groups is 1. The molecule has 2 aliphatic heterocycles. The van der Waals surface area contributed by atoms with Gasteiger partial charge in [-0.15, -0.1) is 11.8 Å². The van der Waals surface area contributed by atoms with E-state index in [1.54, 1.807) is 11.8 Å². The lowest BCUT2D eigenvalue weighted by Crippen LogP contribution is -2.56. The highest BCUT2D eigenvalue weighted by Gasteiger charge is 2.40. The molecule has 0 aliphatic carbocycles. The second-order valence-corrected chi connectivity index (χ2v) is 6.27. The van der Waals surface area contributed by atoms with Gasteiger partial charge in [0.15, 0.2) is 0 Å². The first-order chi connectivity index (χ1) is 8.05. The van der Waals surface area contributed by atoms with Gasteiger partial charge in [-0.05, 0) is 26.0 Å². The fourth-order valence-corrected chi connectivity index (χ4v) is 3.37. The Morgan fingerprint density at radius 3 is 3.00 bits per heavy atom. The summed E-state index contributed by atoms with van der Waals surface area (Å²) in [4.78, 5) is 17.8. The Morgan fingerprint density at radius 2 is 2.18 bits per heavy atom. The number of amides is 1. The molecule has 3 nitrogen and oxygen atoms in total. The predicted molar refractivity (Wildman–Crippen MR) is 70.0 cm³/mol. The Labute approximate surface area is 105 Å². The summed E-state index contributed by atoms with van der Waals surface area (Å²) in [5.74, 6) is 0.0829. The molecule has 0 aromatic heterocycles. The van der Waals surface area contributed by atoms with E-state index in [4.69, 9.17) is 0 Å². The average molecular weight is 246 g/mol. The van der Waals surface area contributed by atoms with Crippen molar-refractivity contribution in [3.8, 4) is 0 Å². The molecule has 88 valence electrons. The van der Waals surface area contributed by atoms with Crippen LogP contribution < -0.4 is 5.32 Å². The number of nitrogens with zero attached hydrogens (tertiary/aromatic N) is 1. The summed E-state index contributed by atoms with van der Waals surface area (Å²) in [5.41, 5.74) is 1.82. The first-order valence-corrected chi connectivity index (χ1v) is 6.58. The zero-order valence-corrected chi connectivity index (χ0v) is 10.7. The molecule has 2 aliphatic rings. The van der Waals surface area contributed by atoms with E-state index >= 15 is 0 Å². The van der Waals surface area contributed by atoms with Gasteiger partial charge in [0.25, 0.3) is 0 Å². The third kappa shape index (κ3) is 1.86. The smallest absolute Gasteiger partial charge is 0.239 e. The summed E-state index contributed by atoms with van der Waals surface area (Å²) in [7, 11) is 0. The summed E-state index contributed by atoms with van der Waals surface area (Å²) in [6.45, 7) is 4.07. The van der Waals surface area contributed by atoms with E-state index in [0.29, 0.717) is 0 Å². The topological polar surface area (TPSA) is 41.5 Å². The van der Waals surface area contributed by atoms with Gasteiger partial charge in [-0.2, -0.15) is 0 Å². The number of rotatable bonds is 0. The van der Waals surface area contributed by atoms with Gasteiger partial charge in [-0.3, -0.25) is 9.79 Å². The molecular weight excluding hydrogens is 232 g/mol. The van der Waals surface area contributed by atoms with Crippen LogP contribution in [0.2, 0.25) is 0 Å². The van der Waals surface area contributed by atoms with Crippen molar-refractivity contribution in [3.05, 3.63) is 24.3 Å². The van der Waals surface area contributed by atoms with Crippen molar-refractivity contribution >= 4 is 29.1 Å². The van der Waals surface area contributed by atoms with Crippen LogP contribution in [0, 0.1) is 0 Å². The number of carbonyl (C=O) groups excluding carboxylic acids is 1. The van der Waals surface area contributed by atoms with Crippen molar-refractivity contribution in [2.75, 3.05) is 0 Å². The van der Waals surface area contributed by atoms with E-state index in [-0.39, 0.29) is 16.7 Å². The molecule has 1 aromatic carbocycles. The molecule has 2 heterocycles. The summed E-state index contributed by atoms with van der Waals surface area (Å²) >= 11 is 1.61. The molecule has 1 atom stereocenters. The van der Waals surface area contributed by atoms with Crippen molar-refractivity contribution < 1.29 is 4.79 Å². The predicted octanol–water partition coefficient (Wildman–Crippen LogP) is 2.53. The SMILES string of the molecule is CC1(C)CC2=Nc3ccccc3SC2C(=O)N1. The number of benzene rings is 1. The molecule has 3 rings (SSSR count). The van der Waals surface area contributed by atoms with Crippen LogP contribution in [-0.4, -0.2) is 22.4 Å². The quantitative estimate of drug-likeness (QED) is 0.764. The molecule has 0 bridgehead atoms. The maximum absolute atomic E-state index is 12.0. The molecule has 4 heteroatoms. The van der Waals surface area contributed by atoms with Gasteiger partial charge in [-0.25, -0.2) is 0 Å². The molecule has 0 saturated carbocycles. The van der Waals surface area contributed by atoms with Crippen molar-refractivity contribution in [3.63, 3.8) is 0 Å². The molecular formula is C13H14N2OS. The van der Waals surface area contributed by atoms with Crippen LogP contribution in [0.5, 0.6) is 0 Å². The molecule has 17 heavy (non-hydrogen) atoms. The highest BCUT2D eigenvalue weighted by Crippen LogP contribution is 2.40. The Balaban J connectivity index is 2.05. The fraction of sp³-hybridized carbons (Fsp3) is 0.385. The number of hydrogen-bond donors (Lipinski definition) is 1. The number of para-hydroxylation sites is 1. The largest absolute Gasteiger partial charge is 0.350 e. The third-order valence-electron chi connectivity index (χ3n) is 3.00. The number of thioether (sulfide) groups is 1. The highest BCUT2D eigenvalue weighted by atomic mass is 32.2. The van der Waals surface area contributed by atoms with Crippen molar-refractivity contribution in [2.45, 2.75) is 36.0 Å². The van der Waals surface area contributed by atoms with Crippen molar-refractivity contribution in [2.24, 2.45) is 4.99 Å². The van der Waals surface area contributed by atoms with Crippen LogP contribution in [0.15, 0.2) is 34.2 Å². The number of carbonyl (C=O) groups is 1. The molecule has 0 spiro atoms. The summed E-state index contributed by atoms with van der Waals surface area (Å²) < 4.78 is 0. The van der Waals surface area contributed by atoms with E-state index in [9.17, 15) is 4.79 Å². The van der Waals surface area contributed by atoms with Crippen molar-refractivity contribution in [1.29, 1.82) is 0 Å². The van der Waals surface area contributed by atoms with Crippen LogP contribution in [0.3, 0.4) is 0 Å².